The molecule has 2 heterocycles. The van der Waals surface area contributed by atoms with E-state index in [4.69, 9.17) is 23.2 Å². The fourth-order valence-electron chi connectivity index (χ4n) is 2.45. The molecule has 0 radical (unpaired) electrons. The van der Waals surface area contributed by atoms with E-state index in [0.29, 0.717) is 10.0 Å². The average molecular weight is 305 g/mol. The van der Waals surface area contributed by atoms with Crippen molar-refractivity contribution in [1.29, 1.82) is 0 Å². The van der Waals surface area contributed by atoms with E-state index >= 15 is 0 Å². The first-order chi connectivity index (χ1) is 9.24. The van der Waals surface area contributed by atoms with Crippen molar-refractivity contribution < 1.29 is 4.40 Å². The number of halogens is 2. The van der Waals surface area contributed by atoms with Gasteiger partial charge < -0.3 is 0 Å². The van der Waals surface area contributed by atoms with Crippen LogP contribution < -0.4 is 4.40 Å². The van der Waals surface area contributed by atoms with Gasteiger partial charge in [0.05, 0.1) is 5.39 Å². The van der Waals surface area contributed by atoms with Crippen LogP contribution in [0.1, 0.15) is 0 Å². The molecule has 4 heteroatoms. The summed E-state index contributed by atoms with van der Waals surface area (Å²) < 4.78 is 3.45. The molecule has 0 bridgehead atoms. The number of para-hydroxylation sites is 1. The lowest BCUT2D eigenvalue weighted by molar-refractivity contribution is -0.446. The third kappa shape index (κ3) is 1.64. The molecule has 4 rings (SSSR count). The molecule has 0 aliphatic rings. The maximum absolute atomic E-state index is 6.40. The molecule has 0 unspecified atom stereocenters. The highest BCUT2D eigenvalue weighted by Crippen LogP contribution is 2.29. The zero-order valence-corrected chi connectivity index (χ0v) is 12.1. The van der Waals surface area contributed by atoms with Gasteiger partial charge in [-0.3, -0.25) is 0 Å². The maximum Gasteiger partial charge on any atom is 0.268 e. The van der Waals surface area contributed by atoms with Gasteiger partial charge in [0.15, 0.2) is 0 Å². The Morgan fingerprint density at radius 1 is 0.947 bits per heavy atom. The summed E-state index contributed by atoms with van der Waals surface area (Å²) >= 11 is 14.2. The van der Waals surface area contributed by atoms with Crippen molar-refractivity contribution in [2.24, 2.45) is 0 Å². The molecular weight excluding hydrogens is 297 g/mol. The number of thiazole rings is 1. The Hall–Kier alpha value is -1.35. The van der Waals surface area contributed by atoms with Crippen LogP contribution >= 0.6 is 34.5 Å². The molecule has 0 aliphatic carbocycles. The predicted molar refractivity (Wildman–Crippen MR) is 82.5 cm³/mol. The van der Waals surface area contributed by atoms with Gasteiger partial charge in [0.2, 0.25) is 11.0 Å². The van der Waals surface area contributed by atoms with Gasteiger partial charge in [0.1, 0.15) is 9.72 Å². The highest BCUT2D eigenvalue weighted by molar-refractivity contribution is 7.23. The monoisotopic (exact) mass is 304 g/mol. The summed E-state index contributed by atoms with van der Waals surface area (Å²) in [4.78, 5) is 1.18. The molecule has 92 valence electrons. The molecule has 4 aromatic rings. The molecule has 2 aromatic heterocycles. The standard InChI is InChI=1S/C15H8Cl2NS/c16-10-7-9-5-6-14-18(15(9)11(17)8-10)12-3-1-2-4-13(12)19-14/h1-8H/q+1. The van der Waals surface area contributed by atoms with Crippen LogP contribution in [0.3, 0.4) is 0 Å². The predicted octanol–water partition coefficient (Wildman–Crippen LogP) is 5.10. The van der Waals surface area contributed by atoms with Crippen LogP contribution in [0.4, 0.5) is 0 Å². The molecule has 2 aromatic carbocycles. The van der Waals surface area contributed by atoms with Gasteiger partial charge >= 0.3 is 0 Å². The van der Waals surface area contributed by atoms with Gasteiger partial charge in [-0.15, -0.1) is 4.40 Å². The van der Waals surface area contributed by atoms with Crippen molar-refractivity contribution in [2.45, 2.75) is 0 Å². The first-order valence-electron chi connectivity index (χ1n) is 5.85. The number of fused-ring (bicyclic) bond motifs is 5. The van der Waals surface area contributed by atoms with E-state index in [9.17, 15) is 0 Å². The Balaban J connectivity index is 2.36. The van der Waals surface area contributed by atoms with E-state index < -0.39 is 0 Å². The quantitative estimate of drug-likeness (QED) is 0.398. The van der Waals surface area contributed by atoms with E-state index in [1.54, 1.807) is 17.4 Å². The lowest BCUT2D eigenvalue weighted by Crippen LogP contribution is -2.20. The highest BCUT2D eigenvalue weighted by Gasteiger charge is 2.19. The van der Waals surface area contributed by atoms with Crippen molar-refractivity contribution in [3.8, 4) is 0 Å². The molecule has 0 atom stereocenters. The van der Waals surface area contributed by atoms with Crippen LogP contribution in [0.25, 0.3) is 25.9 Å². The van der Waals surface area contributed by atoms with Crippen molar-refractivity contribution in [2.75, 3.05) is 0 Å². The molecule has 0 aliphatic heterocycles. The van der Waals surface area contributed by atoms with Gasteiger partial charge in [-0.25, -0.2) is 0 Å². The topological polar surface area (TPSA) is 4.10 Å². The SMILES string of the molecule is Clc1cc(Cl)c2c(ccc3sc4ccccc4[n+]32)c1. The molecule has 1 nitrogen and oxygen atoms in total. The summed E-state index contributed by atoms with van der Waals surface area (Å²) in [5.41, 5.74) is 2.19. The van der Waals surface area contributed by atoms with E-state index in [-0.39, 0.29) is 0 Å². The maximum atomic E-state index is 6.40. The zero-order chi connectivity index (χ0) is 13.0. The van der Waals surface area contributed by atoms with Gasteiger partial charge in [-0.2, -0.15) is 0 Å². The molecule has 0 saturated heterocycles. The molecule has 0 fully saturated rings. The Morgan fingerprint density at radius 2 is 1.79 bits per heavy atom. The van der Waals surface area contributed by atoms with Gasteiger partial charge in [0.25, 0.3) is 4.83 Å². The van der Waals surface area contributed by atoms with Crippen LogP contribution in [0.2, 0.25) is 10.0 Å². The highest BCUT2D eigenvalue weighted by atomic mass is 35.5. The second-order valence-electron chi connectivity index (χ2n) is 4.40. The Labute approximate surface area is 123 Å². The summed E-state index contributed by atoms with van der Waals surface area (Å²) in [6, 6.07) is 16.3. The Morgan fingerprint density at radius 3 is 2.68 bits per heavy atom. The Bertz CT molecular complexity index is 943. The molecule has 0 N–H and O–H groups in total. The van der Waals surface area contributed by atoms with Crippen molar-refractivity contribution >= 4 is 60.5 Å². The molecule has 0 saturated carbocycles. The van der Waals surface area contributed by atoms with Crippen LogP contribution in [0.15, 0.2) is 48.5 Å². The number of rotatable bonds is 0. The smallest absolute Gasteiger partial charge is 0.141 e. The average Bonchev–Trinajstić information content (AvgIpc) is 2.76. The number of aromatic nitrogens is 1. The first kappa shape index (κ1) is 11.5. The number of pyridine rings is 1. The molecule has 19 heavy (non-hydrogen) atoms. The minimum absolute atomic E-state index is 0.664. The number of benzene rings is 2. The van der Waals surface area contributed by atoms with Gasteiger partial charge in [-0.1, -0.05) is 46.7 Å². The minimum atomic E-state index is 0.664. The van der Waals surface area contributed by atoms with E-state index in [0.717, 1.165) is 10.9 Å². The van der Waals surface area contributed by atoms with Crippen LogP contribution in [0.5, 0.6) is 0 Å². The third-order valence-electron chi connectivity index (χ3n) is 3.23. The van der Waals surface area contributed by atoms with E-state index in [2.05, 4.69) is 34.7 Å². The lowest BCUT2D eigenvalue weighted by atomic mass is 10.2. The van der Waals surface area contributed by atoms with Crippen molar-refractivity contribution in [1.82, 2.24) is 0 Å². The molecule has 0 amide bonds. The fourth-order valence-corrected chi connectivity index (χ4v) is 4.10. The van der Waals surface area contributed by atoms with Gasteiger partial charge in [0, 0.05) is 17.2 Å². The zero-order valence-electron chi connectivity index (χ0n) is 9.73. The van der Waals surface area contributed by atoms with Crippen LogP contribution in [-0.2, 0) is 0 Å². The van der Waals surface area contributed by atoms with Crippen LogP contribution in [0, 0.1) is 0 Å². The summed E-state index contributed by atoms with van der Waals surface area (Å²) in [6.07, 6.45) is 0. The second-order valence-corrected chi connectivity index (χ2v) is 6.31. The first-order valence-corrected chi connectivity index (χ1v) is 7.42. The number of nitrogens with zero attached hydrogens (tertiary/aromatic N) is 1. The van der Waals surface area contributed by atoms with Gasteiger partial charge in [-0.05, 0) is 24.3 Å². The fraction of sp³-hybridized carbons (Fsp3) is 0. The number of hydrogen-bond donors (Lipinski definition) is 0. The number of hydrogen-bond acceptors (Lipinski definition) is 1. The summed E-state index contributed by atoms with van der Waals surface area (Å²) in [5, 5.41) is 2.40. The largest absolute Gasteiger partial charge is 0.268 e. The summed E-state index contributed by atoms with van der Waals surface area (Å²) in [6.45, 7) is 0. The molecular formula is C15H8Cl2NS+. The normalized spacial score (nSPS) is 11.7. The minimum Gasteiger partial charge on any atom is -0.141 e. The molecule has 0 spiro atoms. The lowest BCUT2D eigenvalue weighted by Gasteiger charge is -1.98. The Kier molecular flexibility index (Phi) is 2.46. The van der Waals surface area contributed by atoms with Crippen molar-refractivity contribution in [3.05, 3.63) is 58.6 Å². The summed E-state index contributed by atoms with van der Waals surface area (Å²) in [7, 11) is 0. The van der Waals surface area contributed by atoms with Crippen LogP contribution in [-0.4, -0.2) is 0 Å². The van der Waals surface area contributed by atoms with E-state index in [1.807, 2.05) is 12.1 Å². The third-order valence-corrected chi connectivity index (χ3v) is 4.83. The van der Waals surface area contributed by atoms with Crippen molar-refractivity contribution in [3.63, 3.8) is 0 Å². The summed E-state index contributed by atoms with van der Waals surface area (Å²) in [5.74, 6) is 0. The van der Waals surface area contributed by atoms with E-state index in [1.165, 1.54) is 15.0 Å². The second kappa shape index (κ2) is 4.07.